The van der Waals surface area contributed by atoms with Gasteiger partial charge in [-0.1, -0.05) is 14.9 Å². The molecule has 2 aromatic rings. The van der Waals surface area contributed by atoms with Crippen molar-refractivity contribution in [2.24, 2.45) is 4.99 Å². The number of carbonyl (C=O) groups excluding carboxylic acids is 3. The standard InChI is InChI=1S/C13H12F3NO5.C12H13NO3.CH4O.2CH4/c14-13(15,16)12(22)17-9(11(20)21)5-6-10(19)7-1-3-8(18)4-2-7;1-16-12(15)11-7-6-10(13-11)8-2-4-9(14)5-3-8;1-2;;/h1-4,9,18H,5-6H2,(H,17,22)(H,20,21);2-5,11,14H,6-7H2,1H3;2H,1H3;2*1H4/t9-;11-;;;/m00.../s1. The highest BCUT2D eigenvalue weighted by Gasteiger charge is 2.40. The van der Waals surface area contributed by atoms with E-state index in [4.69, 9.17) is 20.4 Å². The number of carbonyl (C=O) groups is 4. The summed E-state index contributed by atoms with van der Waals surface area (Å²) in [5.41, 5.74) is 2.02. The average Bonchev–Trinajstić information content (AvgIpc) is 3.42. The highest BCUT2D eigenvalue weighted by atomic mass is 19.4. The maximum atomic E-state index is 12.1. The van der Waals surface area contributed by atoms with E-state index >= 15 is 0 Å². The minimum Gasteiger partial charge on any atom is -0.508 e. The van der Waals surface area contributed by atoms with Gasteiger partial charge in [-0.05, 0) is 73.4 Å². The molecular weight excluding hydrogens is 565 g/mol. The summed E-state index contributed by atoms with van der Waals surface area (Å²) in [7, 11) is 2.37. The van der Waals surface area contributed by atoms with Crippen LogP contribution in [0.4, 0.5) is 13.2 Å². The van der Waals surface area contributed by atoms with Gasteiger partial charge in [0.2, 0.25) is 0 Å². The van der Waals surface area contributed by atoms with Crippen LogP contribution >= 0.6 is 0 Å². The number of nitrogens with one attached hydrogen (secondary N) is 1. The second-order valence-corrected chi connectivity index (χ2v) is 8.07. The van der Waals surface area contributed by atoms with Crippen molar-refractivity contribution in [1.29, 1.82) is 0 Å². The zero-order valence-corrected chi connectivity index (χ0v) is 21.5. The number of halogens is 3. The van der Waals surface area contributed by atoms with Crippen molar-refractivity contribution in [3.63, 3.8) is 0 Å². The quantitative estimate of drug-likeness (QED) is 0.221. The number of nitrogens with zero attached hydrogens (tertiary/aromatic N) is 1. The molecule has 5 N–H and O–H groups in total. The summed E-state index contributed by atoms with van der Waals surface area (Å²) in [6, 6.07) is 9.71. The number of Topliss-reactive ketones (excluding diaryl/α,β-unsaturated/α-hetero) is 1. The van der Waals surface area contributed by atoms with Gasteiger partial charge in [-0.25, -0.2) is 9.59 Å². The minimum atomic E-state index is -5.20. The number of aliphatic carboxylic acids is 1. The van der Waals surface area contributed by atoms with Gasteiger partial charge in [-0.15, -0.1) is 0 Å². The van der Waals surface area contributed by atoms with Crippen LogP contribution in [0.1, 0.15) is 56.5 Å². The highest BCUT2D eigenvalue weighted by molar-refractivity contribution is 6.03. The smallest absolute Gasteiger partial charge is 0.471 e. The highest BCUT2D eigenvalue weighted by Crippen LogP contribution is 2.21. The Balaban J connectivity index is 0. The number of ketones is 1. The first-order valence-electron chi connectivity index (χ1n) is 11.6. The number of methoxy groups -OCH3 is 1. The lowest BCUT2D eigenvalue weighted by atomic mass is 10.0. The lowest BCUT2D eigenvalue weighted by Gasteiger charge is -2.15. The number of rotatable bonds is 8. The van der Waals surface area contributed by atoms with Crippen LogP contribution in [0.2, 0.25) is 0 Å². The summed E-state index contributed by atoms with van der Waals surface area (Å²) in [4.78, 5) is 48.9. The number of esters is 1. The number of aliphatic imine (C=N–C) groups is 1. The van der Waals surface area contributed by atoms with Gasteiger partial charge in [0.1, 0.15) is 23.6 Å². The van der Waals surface area contributed by atoms with Crippen LogP contribution in [-0.2, 0) is 19.1 Å². The topological polar surface area (TPSA) is 183 Å². The summed E-state index contributed by atoms with van der Waals surface area (Å²) in [6.07, 6.45) is -4.60. The Hall–Kier alpha value is -4.46. The fourth-order valence-electron chi connectivity index (χ4n) is 3.33. The van der Waals surface area contributed by atoms with Crippen molar-refractivity contribution < 1.29 is 57.5 Å². The van der Waals surface area contributed by atoms with E-state index in [0.29, 0.717) is 6.42 Å². The molecule has 1 amide bonds. The van der Waals surface area contributed by atoms with Crippen LogP contribution in [0, 0.1) is 0 Å². The van der Waals surface area contributed by atoms with Gasteiger partial charge in [-0.3, -0.25) is 14.6 Å². The second-order valence-electron chi connectivity index (χ2n) is 8.07. The lowest BCUT2D eigenvalue weighted by molar-refractivity contribution is -0.175. The maximum Gasteiger partial charge on any atom is 0.471 e. The Kier molecular flexibility index (Phi) is 17.8. The maximum absolute atomic E-state index is 12.1. The summed E-state index contributed by atoms with van der Waals surface area (Å²) in [5, 5.41) is 35.3. The van der Waals surface area contributed by atoms with Crippen LogP contribution in [0.5, 0.6) is 11.5 Å². The summed E-state index contributed by atoms with van der Waals surface area (Å²) < 4.78 is 40.9. The summed E-state index contributed by atoms with van der Waals surface area (Å²) >= 11 is 0. The molecule has 42 heavy (non-hydrogen) atoms. The van der Waals surface area contributed by atoms with E-state index in [1.807, 2.05) is 0 Å². The molecule has 3 rings (SSSR count). The first kappa shape index (κ1) is 39.7. The van der Waals surface area contributed by atoms with Gasteiger partial charge in [0.25, 0.3) is 0 Å². The molecule has 0 aromatic heterocycles. The molecule has 0 aliphatic carbocycles. The first-order chi connectivity index (χ1) is 18.8. The molecule has 1 aliphatic heterocycles. The number of hydrogen-bond donors (Lipinski definition) is 5. The third kappa shape index (κ3) is 12.8. The van der Waals surface area contributed by atoms with Gasteiger partial charge >= 0.3 is 24.0 Å². The number of phenolic OH excluding ortho intramolecular Hbond substituents is 2. The number of alkyl halides is 3. The number of aliphatic hydroxyl groups excluding tert-OH is 1. The van der Waals surface area contributed by atoms with Gasteiger partial charge in [-0.2, -0.15) is 13.2 Å². The number of carboxylic acids is 1. The van der Waals surface area contributed by atoms with Crippen LogP contribution < -0.4 is 5.32 Å². The molecule has 0 unspecified atom stereocenters. The Morgan fingerprint density at radius 1 is 0.976 bits per heavy atom. The van der Waals surface area contributed by atoms with Crippen molar-refractivity contribution in [3.05, 3.63) is 59.7 Å². The van der Waals surface area contributed by atoms with Crippen molar-refractivity contribution in [1.82, 2.24) is 5.32 Å². The van der Waals surface area contributed by atoms with E-state index in [0.717, 1.165) is 24.8 Å². The number of aromatic hydroxyl groups is 2. The molecule has 0 saturated heterocycles. The summed E-state index contributed by atoms with van der Waals surface area (Å²) in [6.45, 7) is 0. The molecule has 11 nitrogen and oxygen atoms in total. The molecule has 0 radical (unpaired) electrons. The largest absolute Gasteiger partial charge is 0.508 e. The van der Waals surface area contributed by atoms with E-state index in [9.17, 15) is 32.3 Å². The monoisotopic (exact) mass is 602 g/mol. The van der Waals surface area contributed by atoms with Gasteiger partial charge < -0.3 is 30.5 Å². The number of ether oxygens (including phenoxy) is 1. The fraction of sp³-hybridized carbons (Fsp3) is 0.393. The molecule has 2 atom stereocenters. The molecule has 0 bridgehead atoms. The molecule has 0 saturated carbocycles. The van der Waals surface area contributed by atoms with E-state index in [1.165, 1.54) is 36.7 Å². The number of carboxylic acid groups (broad SMARTS) is 1. The molecule has 14 heteroatoms. The Morgan fingerprint density at radius 2 is 1.48 bits per heavy atom. The SMILES string of the molecule is C.C.CO.COC(=O)[C@@H]1CCC(c2ccc(O)cc2)=N1.O=C(CC[C@H](NC(=O)C(F)(F)F)C(=O)O)c1ccc(O)cc1. The van der Waals surface area contributed by atoms with Crippen LogP contribution in [0.25, 0.3) is 0 Å². The number of amides is 1. The second kappa shape index (κ2) is 18.8. The van der Waals surface area contributed by atoms with Gasteiger partial charge in [0.15, 0.2) is 5.78 Å². The predicted molar refractivity (Wildman–Crippen MR) is 149 cm³/mol. The Labute approximate surface area is 241 Å². The molecule has 2 aromatic carbocycles. The molecule has 234 valence electrons. The average molecular weight is 603 g/mol. The zero-order valence-electron chi connectivity index (χ0n) is 21.5. The molecule has 1 aliphatic rings. The van der Waals surface area contributed by atoms with Gasteiger partial charge in [0.05, 0.1) is 7.11 Å². The van der Waals surface area contributed by atoms with E-state index in [1.54, 1.807) is 24.3 Å². The third-order valence-corrected chi connectivity index (χ3v) is 5.35. The summed E-state index contributed by atoms with van der Waals surface area (Å²) in [5.74, 6) is -4.70. The first-order valence-corrected chi connectivity index (χ1v) is 11.6. The number of benzene rings is 2. The third-order valence-electron chi connectivity index (χ3n) is 5.35. The number of phenols is 2. The van der Waals surface area contributed by atoms with Crippen molar-refractivity contribution in [2.75, 3.05) is 14.2 Å². The molecular formula is C28H37F3N2O9. The molecule has 0 spiro atoms. The van der Waals surface area contributed by atoms with Gasteiger partial charge in [0, 0.05) is 24.8 Å². The molecule has 1 heterocycles. The number of aliphatic hydroxyl groups is 1. The normalized spacial score (nSPS) is 14.0. The fourth-order valence-corrected chi connectivity index (χ4v) is 3.33. The van der Waals surface area contributed by atoms with E-state index < -0.39 is 36.3 Å². The molecule has 0 fully saturated rings. The lowest BCUT2D eigenvalue weighted by Crippen LogP contribution is -2.47. The van der Waals surface area contributed by atoms with Crippen molar-refractivity contribution in [3.8, 4) is 11.5 Å². The van der Waals surface area contributed by atoms with E-state index in [-0.39, 0.29) is 50.3 Å². The van der Waals surface area contributed by atoms with E-state index in [2.05, 4.69) is 9.73 Å². The van der Waals surface area contributed by atoms with Crippen LogP contribution in [-0.4, -0.2) is 82.2 Å². The van der Waals surface area contributed by atoms with Crippen molar-refractivity contribution in [2.45, 2.75) is 58.8 Å². The van der Waals surface area contributed by atoms with Crippen LogP contribution in [0.15, 0.2) is 53.5 Å². The predicted octanol–water partition coefficient (Wildman–Crippen LogP) is 3.88. The minimum absolute atomic E-state index is 0. The zero-order chi connectivity index (χ0) is 30.5. The van der Waals surface area contributed by atoms with Crippen molar-refractivity contribution >= 4 is 29.3 Å². The Bertz CT molecular complexity index is 1180. The Morgan fingerprint density at radius 3 is 1.93 bits per heavy atom. The van der Waals surface area contributed by atoms with Crippen LogP contribution in [0.3, 0.4) is 0 Å². The number of hydrogen-bond acceptors (Lipinski definition) is 9.